The highest BCUT2D eigenvalue weighted by molar-refractivity contribution is 5.95. The number of benzene rings is 1. The summed E-state index contributed by atoms with van der Waals surface area (Å²) in [5.41, 5.74) is 1.58. The summed E-state index contributed by atoms with van der Waals surface area (Å²) in [6.45, 7) is 4.33. The number of nitrogens with one attached hydrogen (secondary N) is 2. The highest BCUT2D eigenvalue weighted by atomic mass is 19.1. The molecule has 1 aromatic rings. The molecule has 0 aliphatic carbocycles. The number of esters is 1. The van der Waals surface area contributed by atoms with Gasteiger partial charge < -0.3 is 15.4 Å². The lowest BCUT2D eigenvalue weighted by Crippen LogP contribution is -2.49. The van der Waals surface area contributed by atoms with E-state index in [2.05, 4.69) is 15.5 Å². The molecule has 26 heavy (non-hydrogen) atoms. The van der Waals surface area contributed by atoms with Crippen LogP contribution in [0.15, 0.2) is 35.5 Å². The van der Waals surface area contributed by atoms with Crippen LogP contribution in [0.3, 0.4) is 0 Å². The predicted molar refractivity (Wildman–Crippen MR) is 94.8 cm³/mol. The fourth-order valence-electron chi connectivity index (χ4n) is 3.44. The van der Waals surface area contributed by atoms with Crippen molar-refractivity contribution in [3.63, 3.8) is 0 Å². The van der Waals surface area contributed by atoms with Crippen molar-refractivity contribution in [3.8, 4) is 0 Å². The zero-order valence-corrected chi connectivity index (χ0v) is 14.9. The molecule has 1 unspecified atom stereocenters. The molecule has 1 aromatic carbocycles. The molecule has 2 N–H and O–H groups in total. The molecule has 1 saturated heterocycles. The van der Waals surface area contributed by atoms with Gasteiger partial charge in [-0.05, 0) is 50.6 Å². The zero-order chi connectivity index (χ0) is 18.5. The fourth-order valence-corrected chi connectivity index (χ4v) is 3.44. The quantitative estimate of drug-likeness (QED) is 0.791. The SMILES string of the molecule is CCOC(=O)C1=C(CN2CCCCC2)NC(=O)NC1c1ccc(F)cc1. The van der Waals surface area contributed by atoms with E-state index >= 15 is 0 Å². The third-order valence-corrected chi connectivity index (χ3v) is 4.68. The molecule has 1 fully saturated rings. The Morgan fingerprint density at radius 3 is 2.58 bits per heavy atom. The number of ether oxygens (including phenoxy) is 1. The summed E-state index contributed by atoms with van der Waals surface area (Å²) in [4.78, 5) is 27.1. The second-order valence-electron chi connectivity index (χ2n) is 6.53. The summed E-state index contributed by atoms with van der Waals surface area (Å²) in [5.74, 6) is -0.842. The molecular weight excluding hydrogens is 337 g/mol. The van der Waals surface area contributed by atoms with Crippen molar-refractivity contribution in [2.24, 2.45) is 0 Å². The first-order valence-corrected chi connectivity index (χ1v) is 9.04. The lowest BCUT2D eigenvalue weighted by Gasteiger charge is -2.33. The largest absolute Gasteiger partial charge is 0.463 e. The van der Waals surface area contributed by atoms with Crippen molar-refractivity contribution < 1.29 is 18.7 Å². The molecule has 2 heterocycles. The Bertz CT molecular complexity index is 696. The maximum absolute atomic E-state index is 13.3. The van der Waals surface area contributed by atoms with Crippen molar-refractivity contribution in [3.05, 3.63) is 46.9 Å². The average Bonchev–Trinajstić information content (AvgIpc) is 2.63. The molecule has 0 aromatic heterocycles. The molecule has 0 radical (unpaired) electrons. The van der Waals surface area contributed by atoms with Crippen molar-refractivity contribution in [2.45, 2.75) is 32.2 Å². The number of carbonyl (C=O) groups excluding carboxylic acids is 2. The van der Waals surface area contributed by atoms with Gasteiger partial charge in [0.25, 0.3) is 0 Å². The van der Waals surface area contributed by atoms with Crippen molar-refractivity contribution in [1.82, 2.24) is 15.5 Å². The zero-order valence-electron chi connectivity index (χ0n) is 14.9. The van der Waals surface area contributed by atoms with E-state index in [0.717, 1.165) is 25.9 Å². The minimum absolute atomic E-state index is 0.239. The number of rotatable bonds is 5. The number of amides is 2. The monoisotopic (exact) mass is 361 g/mol. The standard InChI is InChI=1S/C19H24FN3O3/c1-2-26-18(24)16-15(12-23-10-4-3-5-11-23)21-19(25)22-17(16)13-6-8-14(20)9-7-13/h6-9,17H,2-5,10-12H2,1H3,(H2,21,22,25). The third-order valence-electron chi connectivity index (χ3n) is 4.68. The molecule has 0 saturated carbocycles. The molecule has 2 aliphatic heterocycles. The number of hydrogen-bond donors (Lipinski definition) is 2. The van der Waals surface area contributed by atoms with E-state index in [9.17, 15) is 14.0 Å². The summed E-state index contributed by atoms with van der Waals surface area (Å²) >= 11 is 0. The first-order chi connectivity index (χ1) is 12.6. The summed E-state index contributed by atoms with van der Waals surface area (Å²) < 4.78 is 18.5. The number of piperidine rings is 1. The second kappa shape index (κ2) is 8.31. The Balaban J connectivity index is 1.96. The lowest BCUT2D eigenvalue weighted by atomic mass is 9.94. The number of hydrogen-bond acceptors (Lipinski definition) is 4. The van der Waals surface area contributed by atoms with Crippen LogP contribution in [0.4, 0.5) is 9.18 Å². The van der Waals surface area contributed by atoms with Gasteiger partial charge >= 0.3 is 12.0 Å². The van der Waals surface area contributed by atoms with Crippen LogP contribution in [0.2, 0.25) is 0 Å². The van der Waals surface area contributed by atoms with Crippen molar-refractivity contribution >= 4 is 12.0 Å². The molecule has 2 aliphatic rings. The van der Waals surface area contributed by atoms with Crippen molar-refractivity contribution in [2.75, 3.05) is 26.2 Å². The highest BCUT2D eigenvalue weighted by Crippen LogP contribution is 2.28. The van der Waals surface area contributed by atoms with Gasteiger partial charge in [-0.25, -0.2) is 14.0 Å². The normalized spacial score (nSPS) is 21.2. The molecule has 0 bridgehead atoms. The minimum atomic E-state index is -0.664. The van der Waals surface area contributed by atoms with Crippen LogP contribution >= 0.6 is 0 Å². The van der Waals surface area contributed by atoms with Crippen LogP contribution in [-0.4, -0.2) is 43.1 Å². The topological polar surface area (TPSA) is 70.7 Å². The number of nitrogens with zero attached hydrogens (tertiary/aromatic N) is 1. The van der Waals surface area contributed by atoms with Gasteiger partial charge in [0.1, 0.15) is 5.82 Å². The van der Waals surface area contributed by atoms with Crippen LogP contribution in [0.1, 0.15) is 37.8 Å². The van der Waals surface area contributed by atoms with E-state index < -0.39 is 12.0 Å². The van der Waals surface area contributed by atoms with E-state index in [1.807, 2.05) is 0 Å². The second-order valence-corrected chi connectivity index (χ2v) is 6.53. The first-order valence-electron chi connectivity index (χ1n) is 9.04. The number of urea groups is 1. The summed E-state index contributed by atoms with van der Waals surface area (Å²) in [6, 6.07) is 4.74. The van der Waals surface area contributed by atoms with Gasteiger partial charge in [0.15, 0.2) is 0 Å². The van der Waals surface area contributed by atoms with E-state index in [1.165, 1.54) is 18.6 Å². The molecule has 7 heteroatoms. The minimum Gasteiger partial charge on any atom is -0.463 e. The summed E-state index contributed by atoms with van der Waals surface area (Å²) in [7, 11) is 0. The van der Waals surface area contributed by atoms with Crippen LogP contribution in [-0.2, 0) is 9.53 Å². The smallest absolute Gasteiger partial charge is 0.338 e. The Morgan fingerprint density at radius 1 is 1.23 bits per heavy atom. The maximum atomic E-state index is 13.3. The van der Waals surface area contributed by atoms with Gasteiger partial charge in [-0.15, -0.1) is 0 Å². The van der Waals surface area contributed by atoms with E-state index in [1.54, 1.807) is 19.1 Å². The summed E-state index contributed by atoms with van der Waals surface area (Å²) in [5, 5.41) is 5.54. The van der Waals surface area contributed by atoms with Crippen LogP contribution in [0.25, 0.3) is 0 Å². The lowest BCUT2D eigenvalue weighted by molar-refractivity contribution is -0.139. The average molecular weight is 361 g/mol. The van der Waals surface area contributed by atoms with Crippen LogP contribution in [0.5, 0.6) is 0 Å². The number of likely N-dealkylation sites (tertiary alicyclic amines) is 1. The summed E-state index contributed by atoms with van der Waals surface area (Å²) in [6.07, 6.45) is 3.41. The molecule has 3 rings (SSSR count). The Labute approximate surface area is 152 Å². The Morgan fingerprint density at radius 2 is 1.92 bits per heavy atom. The molecular formula is C19H24FN3O3. The fraction of sp³-hybridized carbons (Fsp3) is 0.474. The van der Waals surface area contributed by atoms with Crippen molar-refractivity contribution in [1.29, 1.82) is 0 Å². The molecule has 140 valence electrons. The number of carbonyl (C=O) groups is 2. The first kappa shape index (κ1) is 18.4. The Hall–Kier alpha value is -2.41. The molecule has 6 nitrogen and oxygen atoms in total. The third kappa shape index (κ3) is 4.22. The molecule has 2 amide bonds. The molecule has 1 atom stereocenters. The number of halogens is 1. The molecule has 0 spiro atoms. The van der Waals surface area contributed by atoms with E-state index in [4.69, 9.17) is 4.74 Å². The predicted octanol–water partition coefficient (Wildman–Crippen LogP) is 2.48. The van der Waals surface area contributed by atoms with Crippen LogP contribution < -0.4 is 10.6 Å². The van der Waals surface area contributed by atoms with Gasteiger partial charge in [0.05, 0.1) is 18.2 Å². The van der Waals surface area contributed by atoms with Crippen LogP contribution in [0, 0.1) is 5.82 Å². The van der Waals surface area contributed by atoms with Gasteiger partial charge in [-0.2, -0.15) is 0 Å². The van der Waals surface area contributed by atoms with Gasteiger partial charge in [0, 0.05) is 12.2 Å². The highest BCUT2D eigenvalue weighted by Gasteiger charge is 2.34. The maximum Gasteiger partial charge on any atom is 0.338 e. The van der Waals surface area contributed by atoms with E-state index in [-0.39, 0.29) is 18.5 Å². The van der Waals surface area contributed by atoms with E-state index in [0.29, 0.717) is 23.4 Å². The van der Waals surface area contributed by atoms with Gasteiger partial charge in [-0.1, -0.05) is 18.6 Å². The van der Waals surface area contributed by atoms with Gasteiger partial charge in [0.2, 0.25) is 0 Å². The van der Waals surface area contributed by atoms with Gasteiger partial charge in [-0.3, -0.25) is 4.90 Å². The Kier molecular flexibility index (Phi) is 5.88.